The van der Waals surface area contributed by atoms with Crippen molar-refractivity contribution in [3.8, 4) is 0 Å². The third-order valence-electron chi connectivity index (χ3n) is 3.38. The summed E-state index contributed by atoms with van der Waals surface area (Å²) < 4.78 is 1.50. The molecule has 1 amide bonds. The Labute approximate surface area is 134 Å². The van der Waals surface area contributed by atoms with Crippen LogP contribution in [0.3, 0.4) is 0 Å². The van der Waals surface area contributed by atoms with Crippen LogP contribution >= 0.6 is 11.8 Å². The zero-order valence-electron chi connectivity index (χ0n) is 13.0. The SMILES string of the molecule is CCCCCNC(=O)CSc1nc2ccccc2c(=O)n1C. The fraction of sp³-hybridized carbons (Fsp3) is 0.438. The van der Waals surface area contributed by atoms with Gasteiger partial charge in [-0.05, 0) is 18.6 Å². The first-order chi connectivity index (χ1) is 10.6. The number of carbonyl (C=O) groups is 1. The van der Waals surface area contributed by atoms with Crippen LogP contribution in [-0.4, -0.2) is 27.8 Å². The summed E-state index contributed by atoms with van der Waals surface area (Å²) in [6.45, 7) is 2.83. The highest BCUT2D eigenvalue weighted by Crippen LogP contribution is 2.16. The number of hydrogen-bond acceptors (Lipinski definition) is 4. The fourth-order valence-electron chi connectivity index (χ4n) is 2.11. The topological polar surface area (TPSA) is 64.0 Å². The van der Waals surface area contributed by atoms with Gasteiger partial charge in [0.1, 0.15) is 0 Å². The van der Waals surface area contributed by atoms with Crippen LogP contribution in [-0.2, 0) is 11.8 Å². The van der Waals surface area contributed by atoms with Crippen molar-refractivity contribution in [3.63, 3.8) is 0 Å². The summed E-state index contributed by atoms with van der Waals surface area (Å²) in [5.74, 6) is 0.244. The molecule has 0 saturated heterocycles. The first-order valence-corrected chi connectivity index (χ1v) is 8.47. The number of amides is 1. The third kappa shape index (κ3) is 4.10. The van der Waals surface area contributed by atoms with E-state index in [4.69, 9.17) is 0 Å². The minimum atomic E-state index is -0.0866. The number of nitrogens with zero attached hydrogens (tertiary/aromatic N) is 2. The highest BCUT2D eigenvalue weighted by Gasteiger charge is 2.10. The van der Waals surface area contributed by atoms with E-state index in [0.717, 1.165) is 19.3 Å². The Morgan fingerprint density at radius 2 is 2.09 bits per heavy atom. The second kappa shape index (κ2) is 7.98. The Morgan fingerprint density at radius 3 is 2.86 bits per heavy atom. The first kappa shape index (κ1) is 16.5. The summed E-state index contributed by atoms with van der Waals surface area (Å²) in [5.41, 5.74) is 0.577. The molecule has 6 heteroatoms. The maximum atomic E-state index is 12.2. The van der Waals surface area contributed by atoms with E-state index in [-0.39, 0.29) is 17.2 Å². The number of carbonyl (C=O) groups excluding carboxylic acids is 1. The van der Waals surface area contributed by atoms with E-state index in [9.17, 15) is 9.59 Å². The Kier molecular flexibility index (Phi) is 6.00. The number of nitrogens with one attached hydrogen (secondary N) is 1. The number of rotatable bonds is 7. The minimum absolute atomic E-state index is 0.0245. The molecule has 2 rings (SSSR count). The molecule has 1 heterocycles. The molecule has 0 radical (unpaired) electrons. The Hall–Kier alpha value is -1.82. The van der Waals surface area contributed by atoms with Crippen LogP contribution in [0.4, 0.5) is 0 Å². The molecule has 22 heavy (non-hydrogen) atoms. The lowest BCUT2D eigenvalue weighted by molar-refractivity contribution is -0.118. The second-order valence-electron chi connectivity index (χ2n) is 5.12. The van der Waals surface area contributed by atoms with Gasteiger partial charge in [0.15, 0.2) is 5.16 Å². The van der Waals surface area contributed by atoms with Crippen molar-refractivity contribution in [2.24, 2.45) is 7.05 Å². The molecule has 0 aliphatic rings. The highest BCUT2D eigenvalue weighted by molar-refractivity contribution is 7.99. The molecular weight excluding hydrogens is 298 g/mol. The van der Waals surface area contributed by atoms with Gasteiger partial charge >= 0.3 is 0 Å². The first-order valence-electron chi connectivity index (χ1n) is 7.48. The van der Waals surface area contributed by atoms with Gasteiger partial charge in [-0.15, -0.1) is 0 Å². The van der Waals surface area contributed by atoms with Crippen LogP contribution in [0, 0.1) is 0 Å². The summed E-state index contributed by atoms with van der Waals surface area (Å²) in [6, 6.07) is 7.25. The van der Waals surface area contributed by atoms with Crippen LogP contribution in [0.1, 0.15) is 26.2 Å². The van der Waals surface area contributed by atoms with E-state index < -0.39 is 0 Å². The lowest BCUT2D eigenvalue weighted by Crippen LogP contribution is -2.27. The van der Waals surface area contributed by atoms with Gasteiger partial charge in [0.05, 0.1) is 16.7 Å². The van der Waals surface area contributed by atoms with Crippen LogP contribution in [0.25, 0.3) is 10.9 Å². The molecule has 0 aliphatic carbocycles. The summed E-state index contributed by atoms with van der Waals surface area (Å²) in [6.07, 6.45) is 3.25. The van der Waals surface area contributed by atoms with E-state index in [1.165, 1.54) is 16.3 Å². The van der Waals surface area contributed by atoms with Gasteiger partial charge in [-0.3, -0.25) is 14.2 Å². The molecule has 0 spiro atoms. The molecule has 1 aromatic heterocycles. The minimum Gasteiger partial charge on any atom is -0.355 e. The van der Waals surface area contributed by atoms with Gasteiger partial charge in [-0.25, -0.2) is 4.98 Å². The molecular formula is C16H21N3O2S. The van der Waals surface area contributed by atoms with Crippen molar-refractivity contribution < 1.29 is 4.79 Å². The maximum Gasteiger partial charge on any atom is 0.261 e. The van der Waals surface area contributed by atoms with Crippen molar-refractivity contribution in [1.82, 2.24) is 14.9 Å². The van der Waals surface area contributed by atoms with Crippen molar-refractivity contribution in [1.29, 1.82) is 0 Å². The third-order valence-corrected chi connectivity index (χ3v) is 4.41. The normalized spacial score (nSPS) is 10.8. The standard InChI is InChI=1S/C16H21N3O2S/c1-3-4-7-10-17-14(20)11-22-16-18-13-9-6-5-8-12(13)15(21)19(16)2/h5-6,8-9H,3-4,7,10-11H2,1-2H3,(H,17,20). The summed E-state index contributed by atoms with van der Waals surface area (Å²) in [7, 11) is 1.68. The molecule has 0 unspecified atom stereocenters. The van der Waals surface area contributed by atoms with E-state index in [2.05, 4.69) is 17.2 Å². The second-order valence-corrected chi connectivity index (χ2v) is 6.06. The van der Waals surface area contributed by atoms with Crippen molar-refractivity contribution >= 4 is 28.6 Å². The molecule has 0 saturated carbocycles. The number of aromatic nitrogens is 2. The molecule has 1 N–H and O–H groups in total. The Balaban J connectivity index is 2.01. The quantitative estimate of drug-likeness (QED) is 0.483. The van der Waals surface area contributed by atoms with Gasteiger partial charge in [0.25, 0.3) is 5.56 Å². The zero-order valence-corrected chi connectivity index (χ0v) is 13.8. The predicted octanol–water partition coefficient (Wildman–Crippen LogP) is 2.33. The summed E-state index contributed by atoms with van der Waals surface area (Å²) in [4.78, 5) is 28.5. The molecule has 0 atom stereocenters. The monoisotopic (exact) mass is 319 g/mol. The van der Waals surface area contributed by atoms with Crippen molar-refractivity contribution in [3.05, 3.63) is 34.6 Å². The zero-order chi connectivity index (χ0) is 15.9. The van der Waals surface area contributed by atoms with Gasteiger partial charge in [0, 0.05) is 13.6 Å². The highest BCUT2D eigenvalue weighted by atomic mass is 32.2. The van der Waals surface area contributed by atoms with E-state index in [1.807, 2.05) is 18.2 Å². The summed E-state index contributed by atoms with van der Waals surface area (Å²) in [5, 5.41) is 4.04. The molecule has 0 bridgehead atoms. The van der Waals surface area contributed by atoms with Crippen LogP contribution in [0.2, 0.25) is 0 Å². The smallest absolute Gasteiger partial charge is 0.261 e. The number of benzene rings is 1. The van der Waals surface area contributed by atoms with Gasteiger partial charge in [0.2, 0.25) is 5.91 Å². The van der Waals surface area contributed by atoms with Crippen LogP contribution in [0.5, 0.6) is 0 Å². The van der Waals surface area contributed by atoms with E-state index in [1.54, 1.807) is 13.1 Å². The lowest BCUT2D eigenvalue weighted by atomic mass is 10.2. The predicted molar refractivity (Wildman–Crippen MR) is 90.2 cm³/mol. The maximum absolute atomic E-state index is 12.2. The molecule has 0 fully saturated rings. The van der Waals surface area contributed by atoms with E-state index in [0.29, 0.717) is 22.6 Å². The molecule has 5 nitrogen and oxygen atoms in total. The largest absolute Gasteiger partial charge is 0.355 e. The van der Waals surface area contributed by atoms with Crippen molar-refractivity contribution in [2.45, 2.75) is 31.3 Å². The summed E-state index contributed by atoms with van der Waals surface area (Å²) >= 11 is 1.29. The fourth-order valence-corrected chi connectivity index (χ4v) is 2.91. The van der Waals surface area contributed by atoms with Crippen LogP contribution < -0.4 is 10.9 Å². The van der Waals surface area contributed by atoms with Gasteiger partial charge in [-0.1, -0.05) is 43.7 Å². The average molecular weight is 319 g/mol. The molecule has 118 valence electrons. The number of hydrogen-bond donors (Lipinski definition) is 1. The average Bonchev–Trinajstić information content (AvgIpc) is 2.53. The molecule has 1 aromatic carbocycles. The van der Waals surface area contributed by atoms with Crippen molar-refractivity contribution in [2.75, 3.05) is 12.3 Å². The number of para-hydroxylation sites is 1. The van der Waals surface area contributed by atoms with Crippen LogP contribution in [0.15, 0.2) is 34.2 Å². The number of unbranched alkanes of at least 4 members (excludes halogenated alkanes) is 2. The molecule has 2 aromatic rings. The Morgan fingerprint density at radius 1 is 1.32 bits per heavy atom. The van der Waals surface area contributed by atoms with Gasteiger partial charge < -0.3 is 5.32 Å². The van der Waals surface area contributed by atoms with E-state index >= 15 is 0 Å². The lowest BCUT2D eigenvalue weighted by Gasteiger charge is -2.09. The van der Waals surface area contributed by atoms with Gasteiger partial charge in [-0.2, -0.15) is 0 Å². The molecule has 0 aliphatic heterocycles. The Bertz CT molecular complexity index is 712. The number of fused-ring (bicyclic) bond motifs is 1. The number of thioether (sulfide) groups is 1.